The number of hydrogen-bond acceptors (Lipinski definition) is 3. The molecule has 0 unspecified atom stereocenters. The Hall–Kier alpha value is -0.410. The van der Waals surface area contributed by atoms with Crippen LogP contribution in [-0.2, 0) is 5.54 Å². The van der Waals surface area contributed by atoms with Crippen LogP contribution in [0.4, 0.5) is 0 Å². The molecule has 1 saturated carbocycles. The molecule has 0 spiro atoms. The second kappa shape index (κ2) is 4.46. The molecule has 0 radical (unpaired) electrons. The van der Waals surface area contributed by atoms with E-state index in [4.69, 9.17) is 0 Å². The molecule has 1 aliphatic rings. The fourth-order valence-electron chi connectivity index (χ4n) is 2.61. The summed E-state index contributed by atoms with van der Waals surface area (Å²) >= 11 is 1.81. The lowest BCUT2D eigenvalue weighted by atomic mass is 9.64. The van der Waals surface area contributed by atoms with E-state index in [1.165, 1.54) is 17.8 Å². The van der Waals surface area contributed by atoms with Gasteiger partial charge < -0.3 is 5.32 Å². The second-order valence-corrected chi connectivity index (χ2v) is 6.18. The number of hydrogen-bond donors (Lipinski definition) is 1. The minimum absolute atomic E-state index is 0.197. The maximum absolute atomic E-state index is 4.67. The molecule has 16 heavy (non-hydrogen) atoms. The van der Waals surface area contributed by atoms with E-state index in [1.807, 2.05) is 11.3 Å². The van der Waals surface area contributed by atoms with Crippen molar-refractivity contribution in [2.24, 2.45) is 11.8 Å². The van der Waals surface area contributed by atoms with Gasteiger partial charge in [0.2, 0.25) is 0 Å². The summed E-state index contributed by atoms with van der Waals surface area (Å²) in [4.78, 5) is 4.67. The van der Waals surface area contributed by atoms with Crippen molar-refractivity contribution in [2.75, 3.05) is 6.54 Å². The van der Waals surface area contributed by atoms with Crippen LogP contribution in [0.15, 0.2) is 5.38 Å². The Kier molecular flexibility index (Phi) is 3.36. The Morgan fingerprint density at radius 3 is 2.69 bits per heavy atom. The van der Waals surface area contributed by atoms with Gasteiger partial charge in [-0.05, 0) is 38.1 Å². The fourth-order valence-corrected chi connectivity index (χ4v) is 3.61. The third-order valence-corrected chi connectivity index (χ3v) is 4.87. The quantitative estimate of drug-likeness (QED) is 0.870. The van der Waals surface area contributed by atoms with E-state index < -0.39 is 0 Å². The summed E-state index contributed by atoms with van der Waals surface area (Å²) in [6.45, 7) is 9.95. The highest BCUT2D eigenvalue weighted by atomic mass is 32.1. The first-order valence-corrected chi connectivity index (χ1v) is 7.13. The number of aromatic nitrogens is 1. The molecule has 0 aliphatic heterocycles. The Bertz CT molecular complexity index is 351. The zero-order valence-corrected chi connectivity index (χ0v) is 11.5. The Balaban J connectivity index is 2.13. The van der Waals surface area contributed by atoms with Crippen LogP contribution in [0.1, 0.15) is 44.3 Å². The van der Waals surface area contributed by atoms with Crippen molar-refractivity contribution in [1.82, 2.24) is 10.3 Å². The average molecular weight is 238 g/mol. The van der Waals surface area contributed by atoms with Gasteiger partial charge in [-0.25, -0.2) is 4.98 Å². The van der Waals surface area contributed by atoms with Gasteiger partial charge in [-0.1, -0.05) is 20.8 Å². The molecule has 1 aliphatic carbocycles. The normalized spacial score (nSPS) is 29.4. The SMILES string of the molecule is CCNC1(c2nc(C)cs2)CC(C(C)C)C1. The lowest BCUT2D eigenvalue weighted by molar-refractivity contribution is 0.0692. The van der Waals surface area contributed by atoms with Crippen LogP contribution in [0.2, 0.25) is 0 Å². The predicted octanol–water partition coefficient (Wildman–Crippen LogP) is 3.32. The molecule has 0 saturated heterocycles. The summed E-state index contributed by atoms with van der Waals surface area (Å²) in [6.07, 6.45) is 2.51. The molecule has 0 aromatic carbocycles. The molecule has 2 rings (SSSR count). The van der Waals surface area contributed by atoms with Gasteiger partial charge in [0, 0.05) is 11.1 Å². The predicted molar refractivity (Wildman–Crippen MR) is 69.8 cm³/mol. The first kappa shape index (κ1) is 12.1. The van der Waals surface area contributed by atoms with Crippen LogP contribution < -0.4 is 5.32 Å². The molecule has 0 atom stereocenters. The standard InChI is InChI=1S/C13H22N2S/c1-5-14-13(6-11(7-13)9(2)3)12-15-10(4)8-16-12/h8-9,11,14H,5-7H2,1-4H3. The highest BCUT2D eigenvalue weighted by Crippen LogP contribution is 2.49. The number of rotatable bonds is 4. The van der Waals surface area contributed by atoms with E-state index >= 15 is 0 Å². The van der Waals surface area contributed by atoms with Crippen molar-refractivity contribution in [3.05, 3.63) is 16.1 Å². The van der Waals surface area contributed by atoms with Crippen LogP contribution in [-0.4, -0.2) is 11.5 Å². The molecule has 0 amide bonds. The van der Waals surface area contributed by atoms with Crippen molar-refractivity contribution >= 4 is 11.3 Å². The number of thiazole rings is 1. The molecule has 1 aromatic heterocycles. The summed E-state index contributed by atoms with van der Waals surface area (Å²) in [5.41, 5.74) is 1.35. The molecular formula is C13H22N2S. The minimum Gasteiger partial charge on any atom is -0.306 e. The summed E-state index contributed by atoms with van der Waals surface area (Å²) < 4.78 is 0. The van der Waals surface area contributed by atoms with E-state index in [1.54, 1.807) is 0 Å². The van der Waals surface area contributed by atoms with E-state index in [-0.39, 0.29) is 5.54 Å². The van der Waals surface area contributed by atoms with Crippen LogP contribution in [0.3, 0.4) is 0 Å². The largest absolute Gasteiger partial charge is 0.306 e. The van der Waals surface area contributed by atoms with Crippen molar-refractivity contribution in [3.63, 3.8) is 0 Å². The van der Waals surface area contributed by atoms with Crippen molar-refractivity contribution in [1.29, 1.82) is 0 Å². The number of nitrogens with one attached hydrogen (secondary N) is 1. The first-order valence-electron chi connectivity index (χ1n) is 6.25. The lowest BCUT2D eigenvalue weighted by Crippen LogP contribution is -2.53. The van der Waals surface area contributed by atoms with Gasteiger partial charge in [0.05, 0.1) is 5.54 Å². The van der Waals surface area contributed by atoms with Gasteiger partial charge in [-0.15, -0.1) is 11.3 Å². The smallest absolute Gasteiger partial charge is 0.113 e. The lowest BCUT2D eigenvalue weighted by Gasteiger charge is -2.49. The molecule has 0 bridgehead atoms. The van der Waals surface area contributed by atoms with Crippen LogP contribution >= 0.6 is 11.3 Å². The van der Waals surface area contributed by atoms with Crippen molar-refractivity contribution in [3.8, 4) is 0 Å². The maximum Gasteiger partial charge on any atom is 0.113 e. The summed E-state index contributed by atoms with van der Waals surface area (Å²) in [6, 6.07) is 0. The molecule has 1 N–H and O–H groups in total. The van der Waals surface area contributed by atoms with E-state index in [2.05, 4.69) is 43.4 Å². The van der Waals surface area contributed by atoms with Crippen molar-refractivity contribution < 1.29 is 0 Å². The summed E-state index contributed by atoms with van der Waals surface area (Å²) in [7, 11) is 0. The zero-order chi connectivity index (χ0) is 11.8. The Morgan fingerprint density at radius 2 is 2.25 bits per heavy atom. The first-order chi connectivity index (χ1) is 7.57. The van der Waals surface area contributed by atoms with Gasteiger partial charge in [0.25, 0.3) is 0 Å². The van der Waals surface area contributed by atoms with Gasteiger partial charge >= 0.3 is 0 Å². The van der Waals surface area contributed by atoms with Crippen LogP contribution in [0.5, 0.6) is 0 Å². The third kappa shape index (κ3) is 2.03. The van der Waals surface area contributed by atoms with Crippen LogP contribution in [0, 0.1) is 18.8 Å². The van der Waals surface area contributed by atoms with Crippen LogP contribution in [0.25, 0.3) is 0 Å². The Labute approximate surface area is 102 Å². The molecular weight excluding hydrogens is 216 g/mol. The number of nitrogens with zero attached hydrogens (tertiary/aromatic N) is 1. The maximum atomic E-state index is 4.67. The average Bonchev–Trinajstić information content (AvgIpc) is 2.57. The van der Waals surface area contributed by atoms with E-state index in [0.717, 1.165) is 24.1 Å². The highest BCUT2D eigenvalue weighted by molar-refractivity contribution is 7.09. The molecule has 1 aromatic rings. The molecule has 2 nitrogen and oxygen atoms in total. The minimum atomic E-state index is 0.197. The molecule has 3 heteroatoms. The number of aryl methyl sites for hydroxylation is 1. The summed E-state index contributed by atoms with van der Waals surface area (Å²) in [5.74, 6) is 1.66. The third-order valence-electron chi connectivity index (χ3n) is 3.71. The van der Waals surface area contributed by atoms with Gasteiger partial charge in [-0.3, -0.25) is 0 Å². The van der Waals surface area contributed by atoms with Crippen molar-refractivity contribution in [2.45, 2.75) is 46.1 Å². The van der Waals surface area contributed by atoms with Gasteiger partial charge in [0.1, 0.15) is 5.01 Å². The summed E-state index contributed by atoms with van der Waals surface area (Å²) in [5, 5.41) is 7.12. The van der Waals surface area contributed by atoms with E-state index in [0.29, 0.717) is 0 Å². The molecule has 1 heterocycles. The molecule has 90 valence electrons. The second-order valence-electron chi connectivity index (χ2n) is 5.32. The topological polar surface area (TPSA) is 24.9 Å². The highest BCUT2D eigenvalue weighted by Gasteiger charge is 2.47. The van der Waals surface area contributed by atoms with Gasteiger partial charge in [-0.2, -0.15) is 0 Å². The molecule has 1 fully saturated rings. The van der Waals surface area contributed by atoms with Gasteiger partial charge in [0.15, 0.2) is 0 Å². The zero-order valence-electron chi connectivity index (χ0n) is 10.7. The monoisotopic (exact) mass is 238 g/mol. The van der Waals surface area contributed by atoms with E-state index in [9.17, 15) is 0 Å². The fraction of sp³-hybridized carbons (Fsp3) is 0.769. The Morgan fingerprint density at radius 1 is 1.56 bits per heavy atom.